The van der Waals surface area contributed by atoms with Crippen molar-refractivity contribution in [3.63, 3.8) is 0 Å². The Morgan fingerprint density at radius 3 is 2.79 bits per heavy atom. The van der Waals surface area contributed by atoms with E-state index >= 15 is 0 Å². The van der Waals surface area contributed by atoms with Crippen LogP contribution in [0.5, 0.6) is 5.75 Å². The first-order valence-electron chi connectivity index (χ1n) is 12.5. The molecule has 2 aromatic carbocycles. The molecule has 5 rings (SSSR count). The van der Waals surface area contributed by atoms with Crippen molar-refractivity contribution in [2.75, 3.05) is 19.6 Å². The van der Waals surface area contributed by atoms with Gasteiger partial charge in [-0.25, -0.2) is 0 Å². The fourth-order valence-corrected chi connectivity index (χ4v) is 5.57. The molecule has 2 fully saturated rings. The lowest BCUT2D eigenvalue weighted by molar-refractivity contribution is -0.121. The fraction of sp³-hybridized carbons (Fsp3) is 0.464. The summed E-state index contributed by atoms with van der Waals surface area (Å²) in [6.45, 7) is 4.57. The lowest BCUT2D eigenvalue weighted by Gasteiger charge is -2.44. The lowest BCUT2D eigenvalue weighted by Crippen LogP contribution is -2.51. The van der Waals surface area contributed by atoms with Crippen molar-refractivity contribution in [1.29, 1.82) is 0 Å². The van der Waals surface area contributed by atoms with Gasteiger partial charge in [-0.2, -0.15) is 0 Å². The number of benzene rings is 2. The predicted molar refractivity (Wildman–Crippen MR) is 132 cm³/mol. The van der Waals surface area contributed by atoms with Crippen LogP contribution in [0.25, 0.3) is 10.9 Å². The molecule has 3 aromatic rings. The van der Waals surface area contributed by atoms with Gasteiger partial charge in [-0.15, -0.1) is 0 Å². The van der Waals surface area contributed by atoms with Crippen molar-refractivity contribution in [3.05, 3.63) is 66.4 Å². The van der Waals surface area contributed by atoms with E-state index in [-0.39, 0.29) is 5.91 Å². The van der Waals surface area contributed by atoms with Gasteiger partial charge in [-0.05, 0) is 74.5 Å². The molecule has 0 saturated carbocycles. The number of aromatic nitrogens is 1. The molecule has 0 unspecified atom stereocenters. The molecule has 2 aliphatic rings. The number of carbonyl (C=O) groups excluding carboxylic acids is 1. The van der Waals surface area contributed by atoms with Crippen LogP contribution in [-0.4, -0.2) is 41.1 Å². The van der Waals surface area contributed by atoms with Gasteiger partial charge in [-0.1, -0.05) is 36.8 Å². The minimum Gasteiger partial charge on any atom is -0.489 e. The van der Waals surface area contributed by atoms with Gasteiger partial charge in [0, 0.05) is 42.7 Å². The van der Waals surface area contributed by atoms with Crippen LogP contribution in [0.4, 0.5) is 0 Å². The SMILES string of the molecule is O=C(CCn1ccc2cc(OCc3ccccc3)ccc21)NC[C@@H]1CCCN2CCCC[C@H]12. The molecule has 5 nitrogen and oxygen atoms in total. The Kier molecular flexibility index (Phi) is 6.96. The highest BCUT2D eigenvalue weighted by atomic mass is 16.5. The zero-order valence-electron chi connectivity index (χ0n) is 19.4. The van der Waals surface area contributed by atoms with E-state index in [2.05, 4.69) is 51.3 Å². The molecule has 0 radical (unpaired) electrons. The molecule has 2 saturated heterocycles. The molecular weight excluding hydrogens is 410 g/mol. The van der Waals surface area contributed by atoms with E-state index in [1.807, 2.05) is 24.3 Å². The molecule has 2 aliphatic heterocycles. The van der Waals surface area contributed by atoms with Crippen molar-refractivity contribution < 1.29 is 9.53 Å². The van der Waals surface area contributed by atoms with Crippen LogP contribution in [0.1, 0.15) is 44.1 Å². The second-order valence-electron chi connectivity index (χ2n) is 9.56. The number of aryl methyl sites for hydroxylation is 1. The average Bonchev–Trinajstić information content (AvgIpc) is 3.28. The van der Waals surface area contributed by atoms with E-state index in [1.165, 1.54) is 45.2 Å². The molecule has 2 atom stereocenters. The normalized spacial score (nSPS) is 21.0. The highest BCUT2D eigenvalue weighted by molar-refractivity contribution is 5.82. The molecule has 3 heterocycles. The van der Waals surface area contributed by atoms with E-state index in [1.54, 1.807) is 0 Å². The second-order valence-corrected chi connectivity index (χ2v) is 9.56. The van der Waals surface area contributed by atoms with E-state index in [0.717, 1.165) is 28.8 Å². The zero-order valence-corrected chi connectivity index (χ0v) is 19.4. The molecule has 5 heteroatoms. The number of rotatable bonds is 8. The van der Waals surface area contributed by atoms with E-state index in [4.69, 9.17) is 4.74 Å². The molecule has 1 N–H and O–H groups in total. The molecule has 0 aliphatic carbocycles. The van der Waals surface area contributed by atoms with E-state index < -0.39 is 0 Å². The summed E-state index contributed by atoms with van der Waals surface area (Å²) in [4.78, 5) is 15.3. The van der Waals surface area contributed by atoms with Crippen molar-refractivity contribution in [2.45, 2.75) is 57.7 Å². The van der Waals surface area contributed by atoms with Gasteiger partial charge in [0.05, 0.1) is 0 Å². The largest absolute Gasteiger partial charge is 0.489 e. The summed E-state index contributed by atoms with van der Waals surface area (Å²) in [5.41, 5.74) is 2.30. The first-order valence-corrected chi connectivity index (χ1v) is 12.5. The average molecular weight is 446 g/mol. The van der Waals surface area contributed by atoms with Gasteiger partial charge < -0.3 is 19.5 Å². The molecule has 33 heavy (non-hydrogen) atoms. The number of fused-ring (bicyclic) bond motifs is 2. The van der Waals surface area contributed by atoms with Crippen molar-refractivity contribution in [1.82, 2.24) is 14.8 Å². The molecule has 0 bridgehead atoms. The highest BCUT2D eigenvalue weighted by Crippen LogP contribution is 2.30. The van der Waals surface area contributed by atoms with Crippen LogP contribution in [0.3, 0.4) is 0 Å². The number of nitrogens with zero attached hydrogens (tertiary/aromatic N) is 2. The Morgan fingerprint density at radius 1 is 1.00 bits per heavy atom. The first kappa shape index (κ1) is 22.0. The molecule has 0 spiro atoms. The Labute approximate surface area is 196 Å². The highest BCUT2D eigenvalue weighted by Gasteiger charge is 2.32. The van der Waals surface area contributed by atoms with Gasteiger partial charge in [0.15, 0.2) is 0 Å². The minimum absolute atomic E-state index is 0.160. The Morgan fingerprint density at radius 2 is 1.88 bits per heavy atom. The summed E-state index contributed by atoms with van der Waals surface area (Å²) >= 11 is 0. The molecule has 1 aromatic heterocycles. The Balaban J connectivity index is 1.11. The minimum atomic E-state index is 0.160. The van der Waals surface area contributed by atoms with Crippen molar-refractivity contribution in [2.24, 2.45) is 5.92 Å². The monoisotopic (exact) mass is 445 g/mol. The summed E-state index contributed by atoms with van der Waals surface area (Å²) < 4.78 is 8.12. The maximum absolute atomic E-state index is 12.6. The fourth-order valence-electron chi connectivity index (χ4n) is 5.57. The van der Waals surface area contributed by atoms with Gasteiger partial charge in [0.2, 0.25) is 5.91 Å². The van der Waals surface area contributed by atoms with Crippen molar-refractivity contribution >= 4 is 16.8 Å². The van der Waals surface area contributed by atoms with Crippen LogP contribution in [0, 0.1) is 5.92 Å². The van der Waals surface area contributed by atoms with E-state index in [9.17, 15) is 4.79 Å². The standard InChI is InChI=1S/C28H35N3O2/c32-28(29-20-24-9-6-16-30-15-5-4-10-26(24)30)14-18-31-17-13-23-19-25(11-12-27(23)31)33-21-22-7-2-1-3-8-22/h1-3,7-8,11-13,17,19,24,26H,4-6,9-10,14-16,18,20-21H2,(H,29,32)/t24-,26+/m0/s1. The molecule has 174 valence electrons. The van der Waals surface area contributed by atoms with E-state index in [0.29, 0.717) is 31.5 Å². The van der Waals surface area contributed by atoms with Gasteiger partial charge in [0.1, 0.15) is 12.4 Å². The van der Waals surface area contributed by atoms with Crippen LogP contribution >= 0.6 is 0 Å². The predicted octanol–water partition coefficient (Wildman–Crippen LogP) is 4.99. The summed E-state index contributed by atoms with van der Waals surface area (Å²) in [6.07, 6.45) is 9.07. The van der Waals surface area contributed by atoms with Gasteiger partial charge in [-0.3, -0.25) is 4.79 Å². The third-order valence-corrected chi connectivity index (χ3v) is 7.36. The number of hydrogen-bond donors (Lipinski definition) is 1. The van der Waals surface area contributed by atoms with Gasteiger partial charge >= 0.3 is 0 Å². The summed E-state index contributed by atoms with van der Waals surface area (Å²) in [6, 6.07) is 19.2. The maximum Gasteiger partial charge on any atom is 0.221 e. The van der Waals surface area contributed by atoms with Crippen molar-refractivity contribution in [3.8, 4) is 5.75 Å². The second kappa shape index (κ2) is 10.4. The summed E-state index contributed by atoms with van der Waals surface area (Å²) in [5.74, 6) is 1.64. The number of piperidine rings is 2. The Hall–Kier alpha value is -2.79. The third-order valence-electron chi connectivity index (χ3n) is 7.36. The summed E-state index contributed by atoms with van der Waals surface area (Å²) in [7, 11) is 0. The first-order chi connectivity index (χ1) is 16.3. The smallest absolute Gasteiger partial charge is 0.221 e. The molecular formula is C28H35N3O2. The zero-order chi connectivity index (χ0) is 22.5. The number of carbonyl (C=O) groups is 1. The van der Waals surface area contributed by atoms with Crippen LogP contribution in [0.15, 0.2) is 60.8 Å². The maximum atomic E-state index is 12.6. The topological polar surface area (TPSA) is 46.5 Å². The van der Waals surface area contributed by atoms with Gasteiger partial charge in [0.25, 0.3) is 0 Å². The number of ether oxygens (including phenoxy) is 1. The lowest BCUT2D eigenvalue weighted by atomic mass is 9.83. The number of hydrogen-bond acceptors (Lipinski definition) is 3. The quantitative estimate of drug-likeness (QED) is 0.531. The van der Waals surface area contributed by atoms with Crippen LogP contribution in [0.2, 0.25) is 0 Å². The molecule has 1 amide bonds. The van der Waals surface area contributed by atoms with Crippen LogP contribution < -0.4 is 10.1 Å². The third kappa shape index (κ3) is 5.41. The number of nitrogens with one attached hydrogen (secondary N) is 1. The number of amides is 1. The summed E-state index contributed by atoms with van der Waals surface area (Å²) in [5, 5.41) is 4.38. The van der Waals surface area contributed by atoms with Crippen LogP contribution in [-0.2, 0) is 17.9 Å². The Bertz CT molecular complexity index is 1060.